The zero-order valence-electron chi connectivity index (χ0n) is 29.1. The predicted molar refractivity (Wildman–Crippen MR) is 192 cm³/mol. The van der Waals surface area contributed by atoms with Gasteiger partial charge in [-0.1, -0.05) is 111 Å². The first-order valence-corrected chi connectivity index (χ1v) is 16.6. The second-order valence-electron chi connectivity index (χ2n) is 14.3. The summed E-state index contributed by atoms with van der Waals surface area (Å²) in [6.07, 6.45) is 33.9. The zero-order valence-corrected chi connectivity index (χ0v) is 29.1. The first-order valence-electron chi connectivity index (χ1n) is 16.6. The van der Waals surface area contributed by atoms with Gasteiger partial charge in [-0.3, -0.25) is 0 Å². The van der Waals surface area contributed by atoms with Gasteiger partial charge in [-0.05, 0) is 106 Å². The highest BCUT2D eigenvalue weighted by molar-refractivity contribution is 5.57. The fourth-order valence-corrected chi connectivity index (χ4v) is 6.61. The maximum Gasteiger partial charge on any atom is 0.206 e. The Hall–Kier alpha value is -3.23. The number of pyridine rings is 1. The average molecular weight is 593 g/mol. The number of allylic oxidation sites excluding steroid dienone is 16. The van der Waals surface area contributed by atoms with Crippen LogP contribution in [0.4, 0.5) is 0 Å². The molecule has 236 valence electrons. The SMILES string of the molecule is CC1=C(/C=C/C(C)=C/C=C/C(C)=C\c2cc(/C=C/C=C(C)/C=C/C3=C(C)CCCC3(C)C)cc[n+]2CCO)C(C)(C)CCC1. The summed E-state index contributed by atoms with van der Waals surface area (Å²) in [6.45, 7) is 21.2. The topological polar surface area (TPSA) is 24.1 Å². The van der Waals surface area contributed by atoms with Crippen LogP contribution in [0.3, 0.4) is 0 Å². The van der Waals surface area contributed by atoms with Gasteiger partial charge in [0.15, 0.2) is 12.7 Å². The fourth-order valence-electron chi connectivity index (χ4n) is 6.61. The van der Waals surface area contributed by atoms with Crippen molar-refractivity contribution < 1.29 is 9.67 Å². The Morgan fingerprint density at radius 1 is 0.773 bits per heavy atom. The van der Waals surface area contributed by atoms with Crippen LogP contribution in [-0.4, -0.2) is 11.7 Å². The van der Waals surface area contributed by atoms with Crippen LogP contribution in [0.15, 0.2) is 112 Å². The molecule has 2 heteroatoms. The van der Waals surface area contributed by atoms with Crippen LogP contribution in [-0.2, 0) is 6.54 Å². The van der Waals surface area contributed by atoms with Crippen LogP contribution in [0.25, 0.3) is 12.2 Å². The van der Waals surface area contributed by atoms with E-state index in [1.54, 1.807) is 0 Å². The summed E-state index contributed by atoms with van der Waals surface area (Å²) in [7, 11) is 0. The van der Waals surface area contributed by atoms with Gasteiger partial charge in [0.05, 0.1) is 0 Å². The Kier molecular flexibility index (Phi) is 13.0. The van der Waals surface area contributed by atoms with Gasteiger partial charge in [0.1, 0.15) is 6.61 Å². The lowest BCUT2D eigenvalue weighted by atomic mass is 9.72. The fraction of sp³-hybridized carbons (Fsp3) is 0.452. The van der Waals surface area contributed by atoms with Crippen molar-refractivity contribution in [3.8, 4) is 0 Å². The molecule has 0 fully saturated rings. The van der Waals surface area contributed by atoms with E-state index < -0.39 is 0 Å². The third kappa shape index (κ3) is 10.4. The molecule has 0 bridgehead atoms. The second kappa shape index (κ2) is 16.2. The van der Waals surface area contributed by atoms with Gasteiger partial charge >= 0.3 is 0 Å². The summed E-state index contributed by atoms with van der Waals surface area (Å²) in [4.78, 5) is 0. The smallest absolute Gasteiger partial charge is 0.206 e. The number of aliphatic hydroxyl groups excluding tert-OH is 1. The molecule has 2 aliphatic carbocycles. The summed E-state index contributed by atoms with van der Waals surface area (Å²) in [6, 6.07) is 4.29. The van der Waals surface area contributed by atoms with Gasteiger partial charge in [0.2, 0.25) is 5.69 Å². The molecule has 1 aromatic rings. The van der Waals surface area contributed by atoms with Gasteiger partial charge in [0.25, 0.3) is 0 Å². The largest absolute Gasteiger partial charge is 0.390 e. The lowest BCUT2D eigenvalue weighted by Gasteiger charge is -2.33. The number of hydrogen-bond acceptors (Lipinski definition) is 1. The van der Waals surface area contributed by atoms with E-state index in [0.29, 0.717) is 6.54 Å². The zero-order chi connectivity index (χ0) is 32.3. The summed E-state index contributed by atoms with van der Waals surface area (Å²) in [5.41, 5.74) is 12.4. The van der Waals surface area contributed by atoms with Crippen molar-refractivity contribution >= 4 is 12.2 Å². The molecule has 2 nitrogen and oxygen atoms in total. The maximum atomic E-state index is 9.64. The molecule has 0 spiro atoms. The van der Waals surface area contributed by atoms with Crippen molar-refractivity contribution in [2.45, 2.75) is 107 Å². The molecule has 44 heavy (non-hydrogen) atoms. The Morgan fingerprint density at radius 2 is 1.32 bits per heavy atom. The molecular formula is C42H58NO+. The van der Waals surface area contributed by atoms with Crippen LogP contribution in [0.2, 0.25) is 0 Å². The Balaban J connectivity index is 1.72. The van der Waals surface area contributed by atoms with E-state index in [2.05, 4.69) is 152 Å². The molecule has 1 heterocycles. The molecule has 0 atom stereocenters. The van der Waals surface area contributed by atoms with Crippen LogP contribution < -0.4 is 4.57 Å². The van der Waals surface area contributed by atoms with E-state index in [4.69, 9.17) is 0 Å². The predicted octanol–water partition coefficient (Wildman–Crippen LogP) is 11.0. The van der Waals surface area contributed by atoms with E-state index in [0.717, 1.165) is 16.8 Å². The normalized spacial score (nSPS) is 20.4. The van der Waals surface area contributed by atoms with Crippen molar-refractivity contribution in [2.24, 2.45) is 10.8 Å². The number of rotatable bonds is 11. The van der Waals surface area contributed by atoms with Crippen LogP contribution >= 0.6 is 0 Å². The molecule has 0 saturated carbocycles. The first kappa shape index (κ1) is 35.3. The van der Waals surface area contributed by atoms with Crippen molar-refractivity contribution in [1.82, 2.24) is 0 Å². The van der Waals surface area contributed by atoms with E-state index >= 15 is 0 Å². The van der Waals surface area contributed by atoms with E-state index in [9.17, 15) is 5.11 Å². The minimum atomic E-state index is 0.109. The average Bonchev–Trinajstić information content (AvgIpc) is 2.93. The molecular weight excluding hydrogens is 534 g/mol. The molecule has 1 N–H and O–H groups in total. The van der Waals surface area contributed by atoms with E-state index in [1.807, 2.05) is 0 Å². The highest BCUT2D eigenvalue weighted by atomic mass is 16.3. The summed E-state index contributed by atoms with van der Waals surface area (Å²) < 4.78 is 2.10. The monoisotopic (exact) mass is 592 g/mol. The minimum absolute atomic E-state index is 0.109. The van der Waals surface area contributed by atoms with E-state index in [1.165, 1.54) is 72.0 Å². The molecule has 3 rings (SSSR count). The van der Waals surface area contributed by atoms with Crippen molar-refractivity contribution in [3.63, 3.8) is 0 Å². The summed E-state index contributed by atoms with van der Waals surface area (Å²) in [5.74, 6) is 0. The van der Waals surface area contributed by atoms with Gasteiger partial charge < -0.3 is 5.11 Å². The number of hydrogen-bond donors (Lipinski definition) is 1. The standard InChI is InChI=1S/C42H58NO/c1-32(20-22-39-35(4)17-12-25-41(39,6)7)14-10-16-34(3)30-38-31-37(24-27-43(38)28-29-44)19-11-15-33(2)21-23-40-36(5)18-13-26-42(40,8)9/h10-11,14-16,19-24,27,30-31,44H,12-13,17-18,25-26,28-29H2,1-9H3/q+1/b16-10+,19-11+,22-20+,23-21+,32-14+,33-15+,34-30-. The second-order valence-corrected chi connectivity index (χ2v) is 14.3. The van der Waals surface area contributed by atoms with Gasteiger partial charge in [-0.15, -0.1) is 0 Å². The molecule has 0 aliphatic heterocycles. The summed E-state index contributed by atoms with van der Waals surface area (Å²) in [5, 5.41) is 9.64. The maximum absolute atomic E-state index is 9.64. The lowest BCUT2D eigenvalue weighted by Crippen LogP contribution is -2.38. The van der Waals surface area contributed by atoms with Crippen molar-refractivity contribution in [2.75, 3.05) is 6.61 Å². The molecule has 0 amide bonds. The quantitative estimate of drug-likeness (QED) is 0.201. The van der Waals surface area contributed by atoms with Gasteiger partial charge in [0, 0.05) is 18.2 Å². The molecule has 0 saturated heterocycles. The van der Waals surface area contributed by atoms with Crippen LogP contribution in [0.5, 0.6) is 0 Å². The molecule has 0 unspecified atom stereocenters. The minimum Gasteiger partial charge on any atom is -0.390 e. The Morgan fingerprint density at radius 3 is 1.84 bits per heavy atom. The summed E-state index contributed by atoms with van der Waals surface area (Å²) >= 11 is 0. The number of aromatic nitrogens is 1. The van der Waals surface area contributed by atoms with Crippen LogP contribution in [0, 0.1) is 10.8 Å². The number of nitrogens with zero attached hydrogens (tertiary/aromatic N) is 1. The highest BCUT2D eigenvalue weighted by Crippen LogP contribution is 2.41. The van der Waals surface area contributed by atoms with E-state index in [-0.39, 0.29) is 17.4 Å². The first-order chi connectivity index (χ1) is 20.8. The van der Waals surface area contributed by atoms with Gasteiger partial charge in [-0.25, -0.2) is 0 Å². The molecule has 2 aliphatic rings. The third-order valence-electron chi connectivity index (χ3n) is 9.29. The molecule has 0 aromatic carbocycles. The third-order valence-corrected chi connectivity index (χ3v) is 9.29. The highest BCUT2D eigenvalue weighted by Gasteiger charge is 2.27. The lowest BCUT2D eigenvalue weighted by molar-refractivity contribution is -0.699. The molecule has 1 aromatic heterocycles. The Labute approximate surface area is 269 Å². The van der Waals surface area contributed by atoms with Gasteiger partial charge in [-0.2, -0.15) is 4.57 Å². The van der Waals surface area contributed by atoms with Crippen molar-refractivity contribution in [3.05, 3.63) is 123 Å². The molecule has 0 radical (unpaired) electrons. The van der Waals surface area contributed by atoms with Crippen molar-refractivity contribution in [1.29, 1.82) is 0 Å². The number of aliphatic hydroxyl groups is 1. The van der Waals surface area contributed by atoms with Crippen LogP contribution in [0.1, 0.15) is 112 Å². The Bertz CT molecular complexity index is 1440.